The van der Waals surface area contributed by atoms with Gasteiger partial charge < -0.3 is 15.4 Å². The first-order chi connectivity index (χ1) is 8.52. The van der Waals surface area contributed by atoms with Crippen LogP contribution in [0.25, 0.3) is 0 Å². The normalized spacial score (nSPS) is 10.3. The quantitative estimate of drug-likeness (QED) is 0.809. The highest BCUT2D eigenvalue weighted by atomic mass is 35.5. The highest BCUT2D eigenvalue weighted by Crippen LogP contribution is 2.27. The van der Waals surface area contributed by atoms with E-state index in [1.807, 2.05) is 0 Å². The molecular weight excluding hydrogens is 268 g/mol. The van der Waals surface area contributed by atoms with Gasteiger partial charge in [-0.25, -0.2) is 0 Å². The standard InChI is InChI=1S/C13H19ClN2OS/c1-9(2)6-7-15-13(18)16-11-8-10(14)4-5-12(11)17-3/h4-5,8-9H,6-7H2,1-3H3,(H2,15,16,18). The molecule has 0 aliphatic carbocycles. The average molecular weight is 287 g/mol. The highest BCUT2D eigenvalue weighted by molar-refractivity contribution is 7.80. The van der Waals surface area contributed by atoms with Gasteiger partial charge in [-0.1, -0.05) is 25.4 Å². The van der Waals surface area contributed by atoms with Crippen LogP contribution in [0.3, 0.4) is 0 Å². The van der Waals surface area contributed by atoms with E-state index in [9.17, 15) is 0 Å². The fourth-order valence-corrected chi connectivity index (χ4v) is 1.80. The first kappa shape index (κ1) is 15.1. The Labute approximate surface area is 119 Å². The van der Waals surface area contributed by atoms with Gasteiger partial charge >= 0.3 is 0 Å². The summed E-state index contributed by atoms with van der Waals surface area (Å²) < 4.78 is 5.24. The minimum absolute atomic E-state index is 0.580. The summed E-state index contributed by atoms with van der Waals surface area (Å²) in [6, 6.07) is 5.37. The molecule has 0 radical (unpaired) electrons. The SMILES string of the molecule is COc1ccc(Cl)cc1NC(=S)NCCC(C)C. The molecule has 0 fully saturated rings. The molecule has 0 aromatic heterocycles. The number of halogens is 1. The molecule has 0 aliphatic rings. The van der Waals surface area contributed by atoms with Crippen molar-refractivity contribution in [2.75, 3.05) is 19.0 Å². The van der Waals surface area contributed by atoms with Crippen molar-refractivity contribution >= 4 is 34.6 Å². The lowest BCUT2D eigenvalue weighted by Crippen LogP contribution is -2.30. The third-order valence-electron chi connectivity index (χ3n) is 2.42. The van der Waals surface area contributed by atoms with Crippen LogP contribution in [0.4, 0.5) is 5.69 Å². The lowest BCUT2D eigenvalue weighted by atomic mass is 10.1. The van der Waals surface area contributed by atoms with E-state index in [0.29, 0.717) is 21.8 Å². The Hall–Kier alpha value is -1.00. The van der Waals surface area contributed by atoms with Gasteiger partial charge in [0.25, 0.3) is 0 Å². The molecular formula is C13H19ClN2OS. The Kier molecular flexibility index (Phi) is 6.22. The molecule has 1 rings (SSSR count). The number of anilines is 1. The minimum atomic E-state index is 0.580. The molecule has 0 saturated carbocycles. The second-order valence-electron chi connectivity index (χ2n) is 4.41. The van der Waals surface area contributed by atoms with E-state index in [1.165, 1.54) is 0 Å². The van der Waals surface area contributed by atoms with Crippen LogP contribution in [-0.2, 0) is 0 Å². The Morgan fingerprint density at radius 3 is 2.78 bits per heavy atom. The number of nitrogens with one attached hydrogen (secondary N) is 2. The van der Waals surface area contributed by atoms with Gasteiger partial charge in [-0.15, -0.1) is 0 Å². The van der Waals surface area contributed by atoms with Crippen LogP contribution in [0.1, 0.15) is 20.3 Å². The summed E-state index contributed by atoms with van der Waals surface area (Å²) in [6.07, 6.45) is 1.08. The van der Waals surface area contributed by atoms with E-state index >= 15 is 0 Å². The van der Waals surface area contributed by atoms with Crippen molar-refractivity contribution in [2.24, 2.45) is 5.92 Å². The van der Waals surface area contributed by atoms with Gasteiger partial charge in [0, 0.05) is 11.6 Å². The smallest absolute Gasteiger partial charge is 0.170 e. The highest BCUT2D eigenvalue weighted by Gasteiger charge is 2.05. The van der Waals surface area contributed by atoms with Gasteiger partial charge in [0.1, 0.15) is 5.75 Å². The topological polar surface area (TPSA) is 33.3 Å². The summed E-state index contributed by atoms with van der Waals surface area (Å²) in [5.41, 5.74) is 0.770. The Bertz CT molecular complexity index is 410. The van der Waals surface area contributed by atoms with Gasteiger partial charge in [-0.3, -0.25) is 0 Å². The number of hydrogen-bond donors (Lipinski definition) is 2. The molecule has 100 valence electrons. The van der Waals surface area contributed by atoms with E-state index in [4.69, 9.17) is 28.6 Å². The van der Waals surface area contributed by atoms with Crippen molar-refractivity contribution in [3.63, 3.8) is 0 Å². The lowest BCUT2D eigenvalue weighted by molar-refractivity contribution is 0.417. The van der Waals surface area contributed by atoms with E-state index < -0.39 is 0 Å². The molecule has 0 bridgehead atoms. The van der Waals surface area contributed by atoms with Gasteiger partial charge in [0.15, 0.2) is 5.11 Å². The largest absolute Gasteiger partial charge is 0.495 e. The first-order valence-electron chi connectivity index (χ1n) is 5.91. The van der Waals surface area contributed by atoms with Crippen molar-refractivity contribution < 1.29 is 4.74 Å². The summed E-state index contributed by atoms with van der Waals surface area (Å²) in [5.74, 6) is 1.37. The Balaban J connectivity index is 2.55. The van der Waals surface area contributed by atoms with Crippen molar-refractivity contribution in [1.82, 2.24) is 5.32 Å². The zero-order valence-corrected chi connectivity index (χ0v) is 12.5. The third-order valence-corrected chi connectivity index (χ3v) is 2.90. The van der Waals surface area contributed by atoms with Crippen molar-refractivity contribution in [3.05, 3.63) is 23.2 Å². The second-order valence-corrected chi connectivity index (χ2v) is 5.25. The summed E-state index contributed by atoms with van der Waals surface area (Å²) in [7, 11) is 1.61. The van der Waals surface area contributed by atoms with Crippen LogP contribution in [-0.4, -0.2) is 18.8 Å². The Morgan fingerprint density at radius 2 is 2.17 bits per heavy atom. The molecule has 18 heavy (non-hydrogen) atoms. The average Bonchev–Trinajstić information content (AvgIpc) is 2.28. The lowest BCUT2D eigenvalue weighted by Gasteiger charge is -2.14. The predicted molar refractivity (Wildman–Crippen MR) is 81.7 cm³/mol. The summed E-state index contributed by atoms with van der Waals surface area (Å²) in [4.78, 5) is 0. The third kappa shape index (κ3) is 5.10. The number of methoxy groups -OCH3 is 1. The number of benzene rings is 1. The summed E-state index contributed by atoms with van der Waals surface area (Å²) in [5, 5.41) is 7.46. The second kappa shape index (κ2) is 7.44. The van der Waals surface area contributed by atoms with E-state index in [2.05, 4.69) is 24.5 Å². The number of rotatable bonds is 5. The van der Waals surface area contributed by atoms with Crippen LogP contribution in [0, 0.1) is 5.92 Å². The molecule has 5 heteroatoms. The molecule has 0 amide bonds. The molecule has 0 heterocycles. The molecule has 0 saturated heterocycles. The van der Waals surface area contributed by atoms with Crippen LogP contribution in [0.2, 0.25) is 5.02 Å². The van der Waals surface area contributed by atoms with Crippen molar-refractivity contribution in [1.29, 1.82) is 0 Å². The first-order valence-corrected chi connectivity index (χ1v) is 6.70. The number of thiocarbonyl (C=S) groups is 1. The molecule has 0 atom stereocenters. The van der Waals surface area contributed by atoms with Gasteiger partial charge in [0.05, 0.1) is 12.8 Å². The fraction of sp³-hybridized carbons (Fsp3) is 0.462. The van der Waals surface area contributed by atoms with Crippen LogP contribution < -0.4 is 15.4 Å². The van der Waals surface area contributed by atoms with Crippen LogP contribution in [0.15, 0.2) is 18.2 Å². The van der Waals surface area contributed by atoms with Gasteiger partial charge in [-0.2, -0.15) is 0 Å². The Morgan fingerprint density at radius 1 is 1.44 bits per heavy atom. The fourth-order valence-electron chi connectivity index (χ4n) is 1.42. The number of ether oxygens (including phenoxy) is 1. The van der Waals surface area contributed by atoms with Crippen LogP contribution in [0.5, 0.6) is 5.75 Å². The molecule has 1 aromatic rings. The molecule has 0 aliphatic heterocycles. The predicted octanol–water partition coefficient (Wildman–Crippen LogP) is 3.68. The maximum absolute atomic E-state index is 5.94. The van der Waals surface area contributed by atoms with Crippen LogP contribution >= 0.6 is 23.8 Å². The van der Waals surface area contributed by atoms with E-state index in [-0.39, 0.29) is 0 Å². The maximum atomic E-state index is 5.94. The van der Waals surface area contributed by atoms with Gasteiger partial charge in [0.2, 0.25) is 0 Å². The molecule has 2 N–H and O–H groups in total. The van der Waals surface area contributed by atoms with Crippen molar-refractivity contribution in [2.45, 2.75) is 20.3 Å². The summed E-state index contributed by atoms with van der Waals surface area (Å²) >= 11 is 11.2. The molecule has 0 spiro atoms. The van der Waals surface area contributed by atoms with E-state index in [0.717, 1.165) is 18.7 Å². The zero-order valence-electron chi connectivity index (χ0n) is 10.9. The number of hydrogen-bond acceptors (Lipinski definition) is 2. The molecule has 3 nitrogen and oxygen atoms in total. The minimum Gasteiger partial charge on any atom is -0.495 e. The maximum Gasteiger partial charge on any atom is 0.170 e. The molecule has 0 unspecified atom stereocenters. The molecule has 1 aromatic carbocycles. The summed E-state index contributed by atoms with van der Waals surface area (Å²) in [6.45, 7) is 5.21. The monoisotopic (exact) mass is 286 g/mol. The zero-order chi connectivity index (χ0) is 13.5. The van der Waals surface area contributed by atoms with E-state index in [1.54, 1.807) is 25.3 Å². The van der Waals surface area contributed by atoms with Crippen molar-refractivity contribution in [3.8, 4) is 5.75 Å². The van der Waals surface area contributed by atoms with Gasteiger partial charge in [-0.05, 0) is 42.8 Å².